The molecule has 3 heterocycles. The second-order valence-electron chi connectivity index (χ2n) is 6.90. The molecule has 1 saturated heterocycles. The molecule has 0 atom stereocenters. The van der Waals surface area contributed by atoms with Crippen LogP contribution in [0.25, 0.3) is 0 Å². The molecule has 10 heteroatoms. The summed E-state index contributed by atoms with van der Waals surface area (Å²) in [6, 6.07) is 12.2. The van der Waals surface area contributed by atoms with Gasteiger partial charge in [0.1, 0.15) is 23.8 Å². The van der Waals surface area contributed by atoms with Crippen LogP contribution in [0.2, 0.25) is 5.02 Å². The number of nitrogens with one attached hydrogen (secondary N) is 1. The maximum Gasteiger partial charge on any atom is 0.243 e. The van der Waals surface area contributed by atoms with E-state index in [-0.39, 0.29) is 4.90 Å². The highest BCUT2D eigenvalue weighted by molar-refractivity contribution is 7.89. The fraction of sp³-hybridized carbons (Fsp3) is 0.250. The summed E-state index contributed by atoms with van der Waals surface area (Å²) >= 11 is 6.12. The zero-order valence-electron chi connectivity index (χ0n) is 16.4. The first-order valence-electron chi connectivity index (χ1n) is 9.45. The monoisotopic (exact) mass is 444 g/mol. The number of piperazine rings is 1. The number of aryl methyl sites for hydroxylation is 1. The number of rotatable bonds is 5. The Bertz CT molecular complexity index is 1140. The first kappa shape index (κ1) is 20.5. The number of pyridine rings is 1. The molecule has 1 aliphatic heterocycles. The van der Waals surface area contributed by atoms with E-state index in [4.69, 9.17) is 11.6 Å². The molecule has 2 aromatic heterocycles. The standard InChI is InChI=1S/C20H21ClN6O2S/c1-15-5-6-16(12-17(15)21)30(28,29)27-10-8-26(9-11-27)20-13-19(23-14-24-20)25-18-4-2-3-7-22-18/h2-7,12-14H,8-11H2,1H3,(H,22,23,24,25). The predicted molar refractivity (Wildman–Crippen MR) is 117 cm³/mol. The summed E-state index contributed by atoms with van der Waals surface area (Å²) < 4.78 is 27.4. The predicted octanol–water partition coefficient (Wildman–Crippen LogP) is 3.09. The first-order chi connectivity index (χ1) is 14.4. The Morgan fingerprint density at radius 1 is 0.967 bits per heavy atom. The number of anilines is 3. The molecule has 30 heavy (non-hydrogen) atoms. The average molecular weight is 445 g/mol. The second-order valence-corrected chi connectivity index (χ2v) is 9.25. The lowest BCUT2D eigenvalue weighted by atomic mass is 10.2. The first-order valence-corrected chi connectivity index (χ1v) is 11.3. The van der Waals surface area contributed by atoms with Gasteiger partial charge in [0.25, 0.3) is 0 Å². The summed E-state index contributed by atoms with van der Waals surface area (Å²) in [7, 11) is -3.59. The highest BCUT2D eigenvalue weighted by atomic mass is 35.5. The van der Waals surface area contributed by atoms with Gasteiger partial charge in [-0.3, -0.25) is 0 Å². The van der Waals surface area contributed by atoms with E-state index < -0.39 is 10.0 Å². The van der Waals surface area contributed by atoms with Gasteiger partial charge in [-0.25, -0.2) is 23.4 Å². The lowest BCUT2D eigenvalue weighted by molar-refractivity contribution is 0.384. The van der Waals surface area contributed by atoms with Crippen LogP contribution in [0.1, 0.15) is 5.56 Å². The Kier molecular flexibility index (Phi) is 5.85. The van der Waals surface area contributed by atoms with Gasteiger partial charge in [-0.05, 0) is 36.8 Å². The Balaban J connectivity index is 1.44. The van der Waals surface area contributed by atoms with E-state index in [2.05, 4.69) is 20.3 Å². The molecular formula is C20H21ClN6O2S. The van der Waals surface area contributed by atoms with Gasteiger partial charge < -0.3 is 10.2 Å². The van der Waals surface area contributed by atoms with Gasteiger partial charge in [0.2, 0.25) is 10.0 Å². The van der Waals surface area contributed by atoms with Gasteiger partial charge in [0.15, 0.2) is 0 Å². The van der Waals surface area contributed by atoms with Crippen LogP contribution in [0.4, 0.5) is 17.5 Å². The quantitative estimate of drug-likeness (QED) is 0.646. The third kappa shape index (κ3) is 4.38. The highest BCUT2D eigenvalue weighted by Crippen LogP contribution is 2.25. The highest BCUT2D eigenvalue weighted by Gasteiger charge is 2.29. The SMILES string of the molecule is Cc1ccc(S(=O)(=O)N2CCN(c3cc(Nc4ccccn4)ncn3)CC2)cc1Cl. The third-order valence-corrected chi connectivity index (χ3v) is 7.22. The molecule has 0 saturated carbocycles. The molecule has 0 aliphatic carbocycles. The van der Waals surface area contributed by atoms with Crippen molar-refractivity contribution < 1.29 is 8.42 Å². The van der Waals surface area contributed by atoms with E-state index in [0.29, 0.717) is 42.8 Å². The van der Waals surface area contributed by atoms with Crippen LogP contribution >= 0.6 is 11.6 Å². The van der Waals surface area contributed by atoms with Gasteiger partial charge in [0, 0.05) is 43.5 Å². The Hall–Kier alpha value is -2.75. The normalized spacial score (nSPS) is 15.2. The average Bonchev–Trinajstić information content (AvgIpc) is 2.76. The second kappa shape index (κ2) is 8.55. The van der Waals surface area contributed by atoms with Crippen LogP contribution in [-0.2, 0) is 10.0 Å². The number of benzene rings is 1. The van der Waals surface area contributed by atoms with Crippen molar-refractivity contribution in [1.82, 2.24) is 19.3 Å². The van der Waals surface area contributed by atoms with Gasteiger partial charge in [-0.1, -0.05) is 23.7 Å². The minimum atomic E-state index is -3.59. The van der Waals surface area contributed by atoms with Crippen LogP contribution < -0.4 is 10.2 Å². The van der Waals surface area contributed by atoms with Crippen LogP contribution in [0.5, 0.6) is 0 Å². The van der Waals surface area contributed by atoms with Crippen LogP contribution in [-0.4, -0.2) is 53.9 Å². The smallest absolute Gasteiger partial charge is 0.243 e. The molecule has 0 spiro atoms. The third-order valence-electron chi connectivity index (χ3n) is 4.92. The minimum Gasteiger partial charge on any atom is -0.354 e. The summed E-state index contributed by atoms with van der Waals surface area (Å²) in [5.41, 5.74) is 0.847. The lowest BCUT2D eigenvalue weighted by Crippen LogP contribution is -2.48. The van der Waals surface area contributed by atoms with Crippen molar-refractivity contribution in [2.24, 2.45) is 0 Å². The molecule has 8 nitrogen and oxygen atoms in total. The summed E-state index contributed by atoms with van der Waals surface area (Å²) in [6.07, 6.45) is 3.18. The number of halogens is 1. The Morgan fingerprint density at radius 2 is 1.77 bits per heavy atom. The maximum atomic E-state index is 13.0. The number of aromatic nitrogens is 3. The topological polar surface area (TPSA) is 91.3 Å². The van der Waals surface area contributed by atoms with E-state index in [1.165, 1.54) is 16.7 Å². The van der Waals surface area contributed by atoms with Crippen LogP contribution in [0.3, 0.4) is 0 Å². The number of hydrogen-bond acceptors (Lipinski definition) is 7. The molecule has 1 fully saturated rings. The van der Waals surface area contributed by atoms with E-state index in [1.807, 2.05) is 36.1 Å². The summed E-state index contributed by atoms with van der Waals surface area (Å²) in [5.74, 6) is 2.05. The van der Waals surface area contributed by atoms with Crippen molar-refractivity contribution in [2.75, 3.05) is 36.4 Å². The fourth-order valence-electron chi connectivity index (χ4n) is 3.20. The van der Waals surface area contributed by atoms with Crippen molar-refractivity contribution >= 4 is 39.1 Å². The molecule has 1 N–H and O–H groups in total. The summed E-state index contributed by atoms with van der Waals surface area (Å²) in [4.78, 5) is 15.1. The number of hydrogen-bond donors (Lipinski definition) is 1. The molecule has 4 rings (SSSR count). The van der Waals surface area contributed by atoms with E-state index in [9.17, 15) is 8.42 Å². The summed E-state index contributed by atoms with van der Waals surface area (Å²) in [6.45, 7) is 3.62. The largest absolute Gasteiger partial charge is 0.354 e. The van der Waals surface area contributed by atoms with Crippen molar-refractivity contribution in [2.45, 2.75) is 11.8 Å². The van der Waals surface area contributed by atoms with Crippen molar-refractivity contribution in [3.05, 3.63) is 65.6 Å². The fourth-order valence-corrected chi connectivity index (χ4v) is 4.89. The molecule has 0 bridgehead atoms. The molecule has 156 valence electrons. The van der Waals surface area contributed by atoms with Crippen LogP contribution in [0.15, 0.2) is 59.9 Å². The molecule has 0 unspecified atom stereocenters. The maximum absolute atomic E-state index is 13.0. The molecule has 3 aromatic rings. The van der Waals surface area contributed by atoms with E-state index >= 15 is 0 Å². The Labute approximate surface area is 180 Å². The molecule has 0 radical (unpaired) electrons. The molecule has 0 amide bonds. The van der Waals surface area contributed by atoms with Crippen LogP contribution in [0, 0.1) is 6.92 Å². The van der Waals surface area contributed by atoms with Gasteiger partial charge in [-0.15, -0.1) is 0 Å². The van der Waals surface area contributed by atoms with Crippen molar-refractivity contribution in [3.8, 4) is 0 Å². The van der Waals surface area contributed by atoms with Gasteiger partial charge in [-0.2, -0.15) is 4.31 Å². The van der Waals surface area contributed by atoms with Crippen molar-refractivity contribution in [1.29, 1.82) is 0 Å². The van der Waals surface area contributed by atoms with E-state index in [1.54, 1.807) is 18.3 Å². The molecule has 1 aromatic carbocycles. The molecular weight excluding hydrogens is 424 g/mol. The molecule has 1 aliphatic rings. The Morgan fingerprint density at radius 3 is 2.47 bits per heavy atom. The number of sulfonamides is 1. The zero-order valence-corrected chi connectivity index (χ0v) is 17.9. The van der Waals surface area contributed by atoms with Crippen molar-refractivity contribution in [3.63, 3.8) is 0 Å². The van der Waals surface area contributed by atoms with E-state index in [0.717, 1.165) is 11.4 Å². The number of nitrogens with zero attached hydrogens (tertiary/aromatic N) is 5. The summed E-state index contributed by atoms with van der Waals surface area (Å²) in [5, 5.41) is 3.59. The van der Waals surface area contributed by atoms with Gasteiger partial charge in [0.05, 0.1) is 4.90 Å². The van der Waals surface area contributed by atoms with Gasteiger partial charge >= 0.3 is 0 Å². The minimum absolute atomic E-state index is 0.218. The zero-order chi connectivity index (χ0) is 21.1. The lowest BCUT2D eigenvalue weighted by Gasteiger charge is -2.34.